The van der Waals surface area contributed by atoms with Crippen LogP contribution in [0.25, 0.3) is 0 Å². The second-order valence-corrected chi connectivity index (χ2v) is 6.52. The Labute approximate surface area is 146 Å². The van der Waals surface area contributed by atoms with E-state index in [4.69, 9.17) is 0 Å². The molecular formula is C19H21N3O3. The topological polar surface area (TPSA) is 84.6 Å². The van der Waals surface area contributed by atoms with Crippen molar-refractivity contribution >= 4 is 17.3 Å². The van der Waals surface area contributed by atoms with Crippen molar-refractivity contribution in [2.24, 2.45) is 5.10 Å². The molecular weight excluding hydrogens is 318 g/mol. The zero-order chi connectivity index (χ0) is 18.4. The molecule has 0 saturated carbocycles. The lowest BCUT2D eigenvalue weighted by Crippen LogP contribution is -2.24. The van der Waals surface area contributed by atoms with Crippen molar-refractivity contribution in [3.63, 3.8) is 0 Å². The molecule has 2 aromatic carbocycles. The molecule has 0 spiro atoms. The number of nitrogens with one attached hydrogen (secondary N) is 1. The third-order valence-electron chi connectivity index (χ3n) is 3.94. The first-order chi connectivity index (χ1) is 11.8. The fourth-order valence-electron chi connectivity index (χ4n) is 2.62. The van der Waals surface area contributed by atoms with Gasteiger partial charge in [0, 0.05) is 23.4 Å². The molecule has 0 saturated heterocycles. The van der Waals surface area contributed by atoms with E-state index in [1.54, 1.807) is 0 Å². The number of nitrogens with zero attached hydrogens (tertiary/aromatic N) is 2. The number of non-ortho nitro benzene ring substituents is 1. The number of hydrogen-bond acceptors (Lipinski definition) is 4. The lowest BCUT2D eigenvalue weighted by Gasteiger charge is -2.25. The van der Waals surface area contributed by atoms with Gasteiger partial charge in [0.1, 0.15) is 0 Å². The van der Waals surface area contributed by atoms with E-state index in [-0.39, 0.29) is 11.1 Å². The van der Waals surface area contributed by atoms with Crippen LogP contribution in [0.4, 0.5) is 5.69 Å². The Bertz CT molecular complexity index is 781. The van der Waals surface area contributed by atoms with E-state index in [1.807, 2.05) is 25.1 Å². The van der Waals surface area contributed by atoms with Crippen LogP contribution in [0.1, 0.15) is 43.1 Å². The molecule has 6 nitrogen and oxygen atoms in total. The normalized spacial score (nSPS) is 11.9. The molecule has 2 rings (SSSR count). The van der Waals surface area contributed by atoms with Gasteiger partial charge in [-0.05, 0) is 36.5 Å². The number of hydrazone groups is 1. The van der Waals surface area contributed by atoms with Crippen LogP contribution in [-0.2, 0) is 5.41 Å². The van der Waals surface area contributed by atoms with Crippen LogP contribution in [-0.4, -0.2) is 16.5 Å². The van der Waals surface area contributed by atoms with E-state index in [0.717, 1.165) is 5.71 Å². The third-order valence-corrected chi connectivity index (χ3v) is 3.94. The summed E-state index contributed by atoms with van der Waals surface area (Å²) >= 11 is 0. The Hall–Kier alpha value is -3.02. The Balaban J connectivity index is 2.00. The van der Waals surface area contributed by atoms with Crippen LogP contribution in [0.15, 0.2) is 59.7 Å². The maximum atomic E-state index is 12.1. The van der Waals surface area contributed by atoms with Gasteiger partial charge in [0.25, 0.3) is 11.6 Å². The first-order valence-corrected chi connectivity index (χ1v) is 7.93. The highest BCUT2D eigenvalue weighted by molar-refractivity contribution is 5.95. The minimum atomic E-state index is -0.504. The molecule has 130 valence electrons. The number of amides is 1. The molecule has 25 heavy (non-hydrogen) atoms. The number of nitro benzene ring substituents is 1. The highest BCUT2D eigenvalue weighted by atomic mass is 16.6. The number of nitro groups is 1. The van der Waals surface area contributed by atoms with Crippen molar-refractivity contribution in [3.05, 3.63) is 75.8 Å². The maximum Gasteiger partial charge on any atom is 0.271 e. The van der Waals surface area contributed by atoms with Gasteiger partial charge in [0.15, 0.2) is 0 Å². The lowest BCUT2D eigenvalue weighted by molar-refractivity contribution is -0.384. The maximum absolute atomic E-state index is 12.1. The smallest absolute Gasteiger partial charge is 0.267 e. The largest absolute Gasteiger partial charge is 0.271 e. The van der Waals surface area contributed by atoms with Gasteiger partial charge >= 0.3 is 0 Å². The highest BCUT2D eigenvalue weighted by Crippen LogP contribution is 2.27. The van der Waals surface area contributed by atoms with Gasteiger partial charge in [-0.15, -0.1) is 0 Å². The Morgan fingerprint density at radius 1 is 1.12 bits per heavy atom. The standard InChI is InChI=1S/C19H21N3O3/c1-14(13-19(2,3)16-7-5-4-6-8-16)20-21-18(23)15-9-11-17(12-10-15)22(24)25/h4-12H,13H2,1-3H3,(H,21,23)/b20-14-. The monoisotopic (exact) mass is 339 g/mol. The Morgan fingerprint density at radius 3 is 2.28 bits per heavy atom. The molecule has 0 aliphatic carbocycles. The van der Waals surface area contributed by atoms with E-state index in [1.165, 1.54) is 29.8 Å². The summed E-state index contributed by atoms with van der Waals surface area (Å²) < 4.78 is 0. The number of rotatable bonds is 6. The van der Waals surface area contributed by atoms with Gasteiger partial charge < -0.3 is 0 Å². The van der Waals surface area contributed by atoms with E-state index >= 15 is 0 Å². The summed E-state index contributed by atoms with van der Waals surface area (Å²) in [5.74, 6) is -0.397. The minimum Gasteiger partial charge on any atom is -0.267 e. The van der Waals surface area contributed by atoms with E-state index in [0.29, 0.717) is 12.0 Å². The number of carbonyl (C=O) groups excluding carboxylic acids is 1. The summed E-state index contributed by atoms with van der Waals surface area (Å²) in [6, 6.07) is 15.5. The van der Waals surface area contributed by atoms with Crippen molar-refractivity contribution in [1.82, 2.24) is 5.43 Å². The SMILES string of the molecule is C/C(CC(C)(C)c1ccccc1)=N/NC(=O)c1ccc([N+](=O)[O-])cc1. The third kappa shape index (κ3) is 4.97. The van der Waals surface area contributed by atoms with Gasteiger partial charge in [0.05, 0.1) is 4.92 Å². The molecule has 0 radical (unpaired) electrons. The van der Waals surface area contributed by atoms with Gasteiger partial charge in [0.2, 0.25) is 0 Å². The summed E-state index contributed by atoms with van der Waals surface area (Å²) in [5, 5.41) is 14.8. The van der Waals surface area contributed by atoms with Crippen LogP contribution in [0.5, 0.6) is 0 Å². The molecule has 0 aromatic heterocycles. The van der Waals surface area contributed by atoms with E-state index < -0.39 is 10.8 Å². The molecule has 0 atom stereocenters. The van der Waals surface area contributed by atoms with Crippen LogP contribution in [0.2, 0.25) is 0 Å². The number of benzene rings is 2. The van der Waals surface area contributed by atoms with Crippen molar-refractivity contribution in [2.75, 3.05) is 0 Å². The molecule has 0 aliphatic rings. The molecule has 0 fully saturated rings. The van der Waals surface area contributed by atoms with Crippen molar-refractivity contribution in [1.29, 1.82) is 0 Å². The van der Waals surface area contributed by atoms with Crippen LogP contribution >= 0.6 is 0 Å². The van der Waals surface area contributed by atoms with Crippen molar-refractivity contribution in [2.45, 2.75) is 32.6 Å². The molecule has 0 aliphatic heterocycles. The second kappa shape index (κ2) is 7.70. The van der Waals surface area contributed by atoms with Gasteiger partial charge in [-0.2, -0.15) is 5.10 Å². The average molecular weight is 339 g/mol. The summed E-state index contributed by atoms with van der Waals surface area (Å²) in [6.07, 6.45) is 0.692. The molecule has 0 unspecified atom stereocenters. The summed E-state index contributed by atoms with van der Waals surface area (Å²) in [6.45, 7) is 6.11. The first-order valence-electron chi connectivity index (χ1n) is 7.93. The number of hydrogen-bond donors (Lipinski definition) is 1. The predicted molar refractivity (Wildman–Crippen MR) is 97.8 cm³/mol. The zero-order valence-electron chi connectivity index (χ0n) is 14.5. The van der Waals surface area contributed by atoms with Crippen LogP contribution < -0.4 is 5.43 Å². The lowest BCUT2D eigenvalue weighted by atomic mass is 9.80. The molecule has 2 aromatic rings. The number of carbonyl (C=O) groups is 1. The molecule has 1 N–H and O–H groups in total. The van der Waals surface area contributed by atoms with Gasteiger partial charge in [-0.3, -0.25) is 14.9 Å². The highest BCUT2D eigenvalue weighted by Gasteiger charge is 2.21. The van der Waals surface area contributed by atoms with Crippen molar-refractivity contribution in [3.8, 4) is 0 Å². The quantitative estimate of drug-likeness (QED) is 0.489. The first kappa shape index (κ1) is 18.3. The minimum absolute atomic E-state index is 0.0548. The van der Waals surface area contributed by atoms with Crippen LogP contribution in [0, 0.1) is 10.1 Å². The molecule has 1 amide bonds. The Morgan fingerprint density at radius 2 is 1.72 bits per heavy atom. The average Bonchev–Trinajstić information content (AvgIpc) is 2.60. The molecule has 0 heterocycles. The molecule has 6 heteroatoms. The zero-order valence-corrected chi connectivity index (χ0v) is 14.5. The van der Waals surface area contributed by atoms with Crippen molar-refractivity contribution < 1.29 is 9.72 Å². The van der Waals surface area contributed by atoms with Gasteiger partial charge in [-0.1, -0.05) is 44.2 Å². The van der Waals surface area contributed by atoms with E-state index in [9.17, 15) is 14.9 Å². The van der Waals surface area contributed by atoms with E-state index in [2.05, 4.69) is 36.5 Å². The summed E-state index contributed by atoms with van der Waals surface area (Å²) in [5.41, 5.74) is 4.66. The fraction of sp³-hybridized carbons (Fsp3) is 0.263. The second-order valence-electron chi connectivity index (χ2n) is 6.52. The summed E-state index contributed by atoms with van der Waals surface area (Å²) in [7, 11) is 0. The van der Waals surface area contributed by atoms with Crippen LogP contribution in [0.3, 0.4) is 0 Å². The Kier molecular flexibility index (Phi) is 5.64. The van der Waals surface area contributed by atoms with Gasteiger partial charge in [-0.25, -0.2) is 5.43 Å². The fourth-order valence-corrected chi connectivity index (χ4v) is 2.62. The predicted octanol–water partition coefficient (Wildman–Crippen LogP) is 4.07. The molecule has 0 bridgehead atoms. The summed E-state index contributed by atoms with van der Waals surface area (Å²) in [4.78, 5) is 22.2.